The molecule has 0 aliphatic heterocycles. The van der Waals surface area contributed by atoms with E-state index in [4.69, 9.17) is 4.74 Å². The van der Waals surface area contributed by atoms with E-state index in [9.17, 15) is 9.90 Å². The van der Waals surface area contributed by atoms with Crippen molar-refractivity contribution in [2.24, 2.45) is 5.41 Å². The topological polar surface area (TPSA) is 49.8 Å². The molecule has 1 saturated carbocycles. The van der Waals surface area contributed by atoms with E-state index in [1.54, 1.807) is 0 Å². The molecule has 4 heteroatoms. The van der Waals surface area contributed by atoms with Crippen molar-refractivity contribution in [1.82, 2.24) is 4.90 Å². The van der Waals surface area contributed by atoms with Gasteiger partial charge in [-0.15, -0.1) is 0 Å². The summed E-state index contributed by atoms with van der Waals surface area (Å²) in [5, 5.41) is 9.70. The number of benzene rings is 2. The van der Waals surface area contributed by atoms with Crippen molar-refractivity contribution >= 4 is 5.97 Å². The van der Waals surface area contributed by atoms with E-state index in [1.807, 2.05) is 36.4 Å². The van der Waals surface area contributed by atoms with Crippen molar-refractivity contribution < 1.29 is 14.6 Å². The number of nitrogens with zero attached hydrogens (tertiary/aromatic N) is 1. The van der Waals surface area contributed by atoms with E-state index in [0.717, 1.165) is 13.1 Å². The summed E-state index contributed by atoms with van der Waals surface area (Å²) >= 11 is 0. The second kappa shape index (κ2) is 7.81. The van der Waals surface area contributed by atoms with Gasteiger partial charge in [0.25, 0.3) is 0 Å². The van der Waals surface area contributed by atoms with Crippen LogP contribution in [0.5, 0.6) is 0 Å². The van der Waals surface area contributed by atoms with E-state index in [2.05, 4.69) is 29.2 Å². The molecule has 0 spiro atoms. The SMILES string of the molecule is COC(=O)C1(CO)CC(N(Cc2ccccc2)Cc2ccccc2)C1. The third-order valence-corrected chi connectivity index (χ3v) is 5.15. The molecular formula is C21H25NO3. The highest BCUT2D eigenvalue weighted by molar-refractivity contribution is 5.78. The second-order valence-corrected chi connectivity index (χ2v) is 6.87. The van der Waals surface area contributed by atoms with Crippen LogP contribution >= 0.6 is 0 Å². The first-order valence-corrected chi connectivity index (χ1v) is 8.68. The molecule has 1 fully saturated rings. The fourth-order valence-electron chi connectivity index (χ4n) is 3.63. The molecule has 0 radical (unpaired) electrons. The number of carbonyl (C=O) groups is 1. The van der Waals surface area contributed by atoms with E-state index >= 15 is 0 Å². The molecule has 1 aliphatic rings. The molecule has 1 N–H and O–H groups in total. The van der Waals surface area contributed by atoms with Gasteiger partial charge in [-0.2, -0.15) is 0 Å². The molecular weight excluding hydrogens is 314 g/mol. The summed E-state index contributed by atoms with van der Waals surface area (Å²) < 4.78 is 4.90. The molecule has 132 valence electrons. The third-order valence-electron chi connectivity index (χ3n) is 5.15. The summed E-state index contributed by atoms with van der Waals surface area (Å²) in [6, 6.07) is 21.0. The van der Waals surface area contributed by atoms with Crippen LogP contribution in [0.4, 0.5) is 0 Å². The Morgan fingerprint density at radius 2 is 1.52 bits per heavy atom. The van der Waals surface area contributed by atoms with Crippen molar-refractivity contribution in [2.75, 3.05) is 13.7 Å². The molecule has 0 bridgehead atoms. The lowest BCUT2D eigenvalue weighted by atomic mass is 9.65. The number of rotatable bonds is 7. The summed E-state index contributed by atoms with van der Waals surface area (Å²) in [4.78, 5) is 14.4. The number of ether oxygens (including phenoxy) is 1. The number of aliphatic hydroxyl groups is 1. The van der Waals surface area contributed by atoms with Gasteiger partial charge in [0.15, 0.2) is 0 Å². The Morgan fingerprint density at radius 3 is 1.92 bits per heavy atom. The lowest BCUT2D eigenvalue weighted by Gasteiger charge is -2.49. The van der Waals surface area contributed by atoms with Gasteiger partial charge in [-0.1, -0.05) is 60.7 Å². The number of carbonyl (C=O) groups excluding carboxylic acids is 1. The second-order valence-electron chi connectivity index (χ2n) is 6.87. The minimum absolute atomic E-state index is 0.152. The van der Waals surface area contributed by atoms with Crippen LogP contribution in [0.15, 0.2) is 60.7 Å². The van der Waals surface area contributed by atoms with Crippen molar-refractivity contribution in [1.29, 1.82) is 0 Å². The van der Waals surface area contributed by atoms with Crippen LogP contribution in [-0.2, 0) is 22.6 Å². The average molecular weight is 339 g/mol. The first-order chi connectivity index (χ1) is 12.2. The monoisotopic (exact) mass is 339 g/mol. The molecule has 0 heterocycles. The Kier molecular flexibility index (Phi) is 5.51. The Hall–Kier alpha value is -2.17. The zero-order valence-electron chi connectivity index (χ0n) is 14.6. The quantitative estimate of drug-likeness (QED) is 0.788. The zero-order valence-corrected chi connectivity index (χ0v) is 14.6. The molecule has 0 saturated heterocycles. The van der Waals surface area contributed by atoms with Crippen molar-refractivity contribution in [3.8, 4) is 0 Å². The molecule has 25 heavy (non-hydrogen) atoms. The van der Waals surface area contributed by atoms with Gasteiger partial charge in [0, 0.05) is 19.1 Å². The predicted molar refractivity (Wildman–Crippen MR) is 96.7 cm³/mol. The fraction of sp³-hybridized carbons (Fsp3) is 0.381. The average Bonchev–Trinajstić information content (AvgIpc) is 2.62. The minimum atomic E-state index is -0.731. The largest absolute Gasteiger partial charge is 0.469 e. The third kappa shape index (κ3) is 3.91. The molecule has 3 rings (SSSR count). The molecule has 4 nitrogen and oxygen atoms in total. The molecule has 0 unspecified atom stereocenters. The fourth-order valence-corrected chi connectivity index (χ4v) is 3.63. The summed E-state index contributed by atoms with van der Waals surface area (Å²) in [6.45, 7) is 1.49. The molecule has 2 aromatic rings. The van der Waals surface area contributed by atoms with Crippen LogP contribution in [0.3, 0.4) is 0 Å². The summed E-state index contributed by atoms with van der Waals surface area (Å²) in [5.74, 6) is -0.300. The number of aliphatic hydroxyl groups excluding tert-OH is 1. The summed E-state index contributed by atoms with van der Waals surface area (Å²) in [6.07, 6.45) is 1.27. The van der Waals surface area contributed by atoms with E-state index < -0.39 is 5.41 Å². The van der Waals surface area contributed by atoms with Crippen molar-refractivity contribution in [3.05, 3.63) is 71.8 Å². The minimum Gasteiger partial charge on any atom is -0.469 e. The Bertz CT molecular complexity index is 639. The Labute approximate surface area is 149 Å². The van der Waals surface area contributed by atoms with Crippen LogP contribution < -0.4 is 0 Å². The number of methoxy groups -OCH3 is 1. The smallest absolute Gasteiger partial charge is 0.314 e. The molecule has 2 aromatic carbocycles. The van der Waals surface area contributed by atoms with Crippen LogP contribution in [0, 0.1) is 5.41 Å². The lowest BCUT2D eigenvalue weighted by Crippen LogP contribution is -2.56. The van der Waals surface area contributed by atoms with Gasteiger partial charge in [-0.25, -0.2) is 0 Å². The van der Waals surface area contributed by atoms with Crippen LogP contribution in [-0.4, -0.2) is 35.7 Å². The first kappa shape index (κ1) is 17.6. The van der Waals surface area contributed by atoms with Gasteiger partial charge in [0.2, 0.25) is 0 Å². The zero-order chi connectivity index (χ0) is 17.7. The van der Waals surface area contributed by atoms with Gasteiger partial charge in [0.05, 0.1) is 19.1 Å². The highest BCUT2D eigenvalue weighted by Gasteiger charge is 2.52. The number of esters is 1. The van der Waals surface area contributed by atoms with Gasteiger partial charge >= 0.3 is 5.97 Å². The standard InChI is InChI=1S/C21H25NO3/c1-25-20(24)21(16-23)12-19(13-21)22(14-17-8-4-2-5-9-17)15-18-10-6-3-7-11-18/h2-11,19,23H,12-16H2,1H3. The van der Waals surface area contributed by atoms with E-state index in [-0.39, 0.29) is 18.6 Å². The van der Waals surface area contributed by atoms with Crippen molar-refractivity contribution in [2.45, 2.75) is 32.0 Å². The first-order valence-electron chi connectivity index (χ1n) is 8.68. The number of hydrogen-bond donors (Lipinski definition) is 1. The summed E-state index contributed by atoms with van der Waals surface area (Å²) in [5.41, 5.74) is 1.77. The van der Waals surface area contributed by atoms with Gasteiger partial charge in [0.1, 0.15) is 0 Å². The van der Waals surface area contributed by atoms with Crippen LogP contribution in [0.1, 0.15) is 24.0 Å². The summed E-state index contributed by atoms with van der Waals surface area (Å²) in [7, 11) is 1.39. The molecule has 0 aromatic heterocycles. The highest BCUT2D eigenvalue weighted by atomic mass is 16.5. The van der Waals surface area contributed by atoms with E-state index in [0.29, 0.717) is 12.8 Å². The van der Waals surface area contributed by atoms with Gasteiger partial charge < -0.3 is 9.84 Å². The molecule has 1 aliphatic carbocycles. The van der Waals surface area contributed by atoms with Gasteiger partial charge in [-0.05, 0) is 24.0 Å². The van der Waals surface area contributed by atoms with Crippen LogP contribution in [0.2, 0.25) is 0 Å². The normalized spacial score (nSPS) is 22.4. The van der Waals surface area contributed by atoms with Gasteiger partial charge in [-0.3, -0.25) is 9.69 Å². The Balaban J connectivity index is 1.74. The maximum Gasteiger partial charge on any atom is 0.314 e. The molecule has 0 atom stereocenters. The highest BCUT2D eigenvalue weighted by Crippen LogP contribution is 2.45. The van der Waals surface area contributed by atoms with E-state index in [1.165, 1.54) is 18.2 Å². The Morgan fingerprint density at radius 1 is 1.04 bits per heavy atom. The predicted octanol–water partition coefficient (Wildman–Crippen LogP) is 3.00. The molecule has 0 amide bonds. The van der Waals surface area contributed by atoms with Crippen LogP contribution in [0.25, 0.3) is 0 Å². The maximum atomic E-state index is 12.0. The maximum absolute atomic E-state index is 12.0. The lowest BCUT2D eigenvalue weighted by molar-refractivity contribution is -0.168. The van der Waals surface area contributed by atoms with Crippen molar-refractivity contribution in [3.63, 3.8) is 0 Å². The number of hydrogen-bond acceptors (Lipinski definition) is 4.